The Morgan fingerprint density at radius 1 is 1.36 bits per heavy atom. The van der Waals surface area contributed by atoms with Gasteiger partial charge in [0.25, 0.3) is 5.85 Å². The number of rotatable bonds is 10. The van der Waals surface area contributed by atoms with Gasteiger partial charge < -0.3 is 34.7 Å². The third kappa shape index (κ3) is 5.66. The summed E-state index contributed by atoms with van der Waals surface area (Å²) in [6, 6.07) is 7.23. The van der Waals surface area contributed by atoms with Crippen molar-refractivity contribution in [1.82, 2.24) is 24.6 Å². The number of benzene rings is 1. The van der Waals surface area contributed by atoms with Gasteiger partial charge in [0, 0.05) is 7.05 Å². The highest BCUT2D eigenvalue weighted by molar-refractivity contribution is 8.09. The van der Waals surface area contributed by atoms with E-state index in [0.29, 0.717) is 0 Å². The molecule has 0 unspecified atom stereocenters. The topological polar surface area (TPSA) is 168 Å². The van der Waals surface area contributed by atoms with E-state index >= 15 is 8.78 Å². The SMILES string of the molecule is CNc1nc(N)nc2c1ncn2[C@@H]1O[C@](F)(CO[P@@](=S)(N[C@H](C)C(=O)OC)Oc2ccccc2)[C@@H](O)[C@@]1(C)F. The Morgan fingerprint density at radius 3 is 2.69 bits per heavy atom. The van der Waals surface area contributed by atoms with Gasteiger partial charge in [-0.2, -0.15) is 9.97 Å². The highest BCUT2D eigenvalue weighted by Gasteiger charge is 2.65. The zero-order valence-corrected chi connectivity index (χ0v) is 23.1. The van der Waals surface area contributed by atoms with Crippen LogP contribution in [0.2, 0.25) is 0 Å². The molecule has 3 aromatic rings. The number of nitrogens with zero attached hydrogens (tertiary/aromatic N) is 4. The van der Waals surface area contributed by atoms with Crippen molar-refractivity contribution in [2.75, 3.05) is 31.8 Å². The Morgan fingerprint density at radius 2 is 2.05 bits per heavy atom. The predicted octanol–water partition coefficient (Wildman–Crippen LogP) is 2.21. The number of hydrogen-bond donors (Lipinski definition) is 4. The predicted molar refractivity (Wildman–Crippen MR) is 141 cm³/mol. The summed E-state index contributed by atoms with van der Waals surface area (Å²) >= 11 is 5.52. The number of hydrogen-bond acceptors (Lipinski definition) is 12. The number of anilines is 2. The van der Waals surface area contributed by atoms with E-state index in [1.165, 1.54) is 20.4 Å². The van der Waals surface area contributed by atoms with Crippen LogP contribution >= 0.6 is 6.64 Å². The molecule has 1 aromatic carbocycles. The van der Waals surface area contributed by atoms with Crippen LogP contribution in [0.15, 0.2) is 36.7 Å². The number of alkyl halides is 2. The van der Waals surface area contributed by atoms with E-state index in [1.54, 1.807) is 37.4 Å². The van der Waals surface area contributed by atoms with Crippen molar-refractivity contribution in [2.45, 2.75) is 43.7 Å². The number of methoxy groups -OCH3 is 1. The van der Waals surface area contributed by atoms with Crippen LogP contribution in [0.25, 0.3) is 11.2 Å². The zero-order chi connectivity index (χ0) is 28.6. The van der Waals surface area contributed by atoms with E-state index in [9.17, 15) is 9.90 Å². The van der Waals surface area contributed by atoms with Crippen LogP contribution in [0, 0.1) is 0 Å². The van der Waals surface area contributed by atoms with Gasteiger partial charge in [0.2, 0.25) is 5.95 Å². The third-order valence-corrected chi connectivity index (χ3v) is 8.45. The molecule has 0 spiro atoms. The second-order valence-corrected chi connectivity index (χ2v) is 12.0. The second kappa shape index (κ2) is 10.9. The molecule has 0 bridgehead atoms. The van der Waals surface area contributed by atoms with E-state index in [2.05, 4.69) is 25.4 Å². The number of esters is 1. The minimum Gasteiger partial charge on any atom is -0.468 e. The second-order valence-electron chi connectivity index (χ2n) is 8.86. The first kappa shape index (κ1) is 29.0. The van der Waals surface area contributed by atoms with Crippen LogP contribution in [0.4, 0.5) is 20.5 Å². The molecule has 0 saturated carbocycles. The fourth-order valence-corrected chi connectivity index (χ4v) is 6.39. The van der Waals surface area contributed by atoms with E-state index in [1.807, 2.05) is 0 Å². The number of nitrogens with two attached hydrogens (primary N) is 1. The quantitative estimate of drug-likeness (QED) is 0.201. The third-order valence-electron chi connectivity index (χ3n) is 5.97. The molecule has 3 heterocycles. The van der Waals surface area contributed by atoms with Gasteiger partial charge >= 0.3 is 12.6 Å². The number of nitrogens with one attached hydrogen (secondary N) is 2. The summed E-state index contributed by atoms with van der Waals surface area (Å²) in [6.07, 6.45) is -2.90. The van der Waals surface area contributed by atoms with Crippen LogP contribution in [-0.4, -0.2) is 75.0 Å². The van der Waals surface area contributed by atoms with Crippen LogP contribution < -0.4 is 20.7 Å². The van der Waals surface area contributed by atoms with Gasteiger partial charge in [-0.1, -0.05) is 18.2 Å². The molecule has 1 aliphatic heterocycles. The van der Waals surface area contributed by atoms with Gasteiger partial charge in [-0.25, -0.2) is 18.9 Å². The molecule has 5 N–H and O–H groups in total. The monoisotopic (exact) mass is 587 g/mol. The lowest BCUT2D eigenvalue weighted by Gasteiger charge is -2.30. The molecule has 2 aromatic heterocycles. The van der Waals surface area contributed by atoms with Crippen molar-refractivity contribution >= 4 is 47.3 Å². The molecule has 0 aliphatic carbocycles. The first-order valence-corrected chi connectivity index (χ1v) is 14.2. The number of carbonyl (C=O) groups excluding carboxylic acids is 1. The number of aliphatic hydroxyl groups is 1. The summed E-state index contributed by atoms with van der Waals surface area (Å²) in [4.78, 5) is 24.3. The summed E-state index contributed by atoms with van der Waals surface area (Å²) in [7, 11) is 2.76. The Kier molecular flexibility index (Phi) is 8.08. The van der Waals surface area contributed by atoms with Crippen molar-refractivity contribution in [1.29, 1.82) is 0 Å². The molecular formula is C22H28F2N7O6PS. The minimum absolute atomic E-state index is 0.0455. The molecule has 1 saturated heterocycles. The fourth-order valence-electron chi connectivity index (χ4n) is 3.99. The first-order chi connectivity index (χ1) is 18.3. The van der Waals surface area contributed by atoms with Crippen molar-refractivity contribution in [3.05, 3.63) is 36.7 Å². The van der Waals surface area contributed by atoms with Gasteiger partial charge in [0.05, 0.1) is 13.4 Å². The normalized spacial score (nSPS) is 27.2. The molecular weight excluding hydrogens is 559 g/mol. The average molecular weight is 588 g/mol. The maximum absolute atomic E-state index is 16.2. The van der Waals surface area contributed by atoms with Crippen LogP contribution in [-0.2, 0) is 30.6 Å². The lowest BCUT2D eigenvalue weighted by molar-refractivity contribution is -0.202. The smallest absolute Gasteiger partial charge is 0.323 e. The summed E-state index contributed by atoms with van der Waals surface area (Å²) in [5, 5.41) is 16.3. The number of para-hydroxylation sites is 1. The Bertz CT molecular complexity index is 1400. The maximum Gasteiger partial charge on any atom is 0.323 e. The molecule has 1 aliphatic rings. The van der Waals surface area contributed by atoms with E-state index in [-0.39, 0.29) is 28.7 Å². The number of aromatic nitrogens is 4. The van der Waals surface area contributed by atoms with Gasteiger partial charge in [-0.3, -0.25) is 9.36 Å². The van der Waals surface area contributed by atoms with Crippen molar-refractivity contribution < 1.29 is 37.2 Å². The molecule has 13 nitrogen and oxygen atoms in total. The van der Waals surface area contributed by atoms with Crippen LogP contribution in [0.1, 0.15) is 20.1 Å². The number of aliphatic hydroxyl groups excluding tert-OH is 1. The molecule has 1 fully saturated rings. The molecule has 4 rings (SSSR count). The van der Waals surface area contributed by atoms with E-state index < -0.39 is 49.1 Å². The van der Waals surface area contributed by atoms with Crippen molar-refractivity contribution in [2.24, 2.45) is 0 Å². The van der Waals surface area contributed by atoms with Crippen LogP contribution in [0.3, 0.4) is 0 Å². The maximum atomic E-state index is 16.2. The molecule has 212 valence electrons. The minimum atomic E-state index is -3.70. The summed E-state index contributed by atoms with van der Waals surface area (Å²) in [6.45, 7) is -2.34. The highest BCUT2D eigenvalue weighted by atomic mass is 32.5. The van der Waals surface area contributed by atoms with Gasteiger partial charge in [0.1, 0.15) is 18.4 Å². The van der Waals surface area contributed by atoms with Crippen molar-refractivity contribution in [3.8, 4) is 5.75 Å². The largest absolute Gasteiger partial charge is 0.468 e. The molecule has 0 amide bonds. The molecule has 0 radical (unpaired) electrons. The van der Waals surface area contributed by atoms with Crippen molar-refractivity contribution in [3.63, 3.8) is 0 Å². The molecule has 39 heavy (non-hydrogen) atoms. The molecule has 6 atom stereocenters. The summed E-state index contributed by atoms with van der Waals surface area (Å²) in [5.74, 6) is -3.40. The molecule has 17 heteroatoms. The summed E-state index contributed by atoms with van der Waals surface area (Å²) in [5.41, 5.74) is 3.34. The lowest BCUT2D eigenvalue weighted by Crippen LogP contribution is -2.47. The number of halogens is 2. The van der Waals surface area contributed by atoms with E-state index in [4.69, 9.17) is 36.1 Å². The number of nitrogen functional groups attached to an aromatic ring is 1. The lowest BCUT2D eigenvalue weighted by atomic mass is 9.97. The number of imidazole rings is 1. The number of fused-ring (bicyclic) bond motifs is 1. The Balaban J connectivity index is 1.62. The number of ether oxygens (including phenoxy) is 2. The standard InChI is InChI=1S/C22H28F2N7O6PS/c1-12(17(32)34-4)30-38(39,37-13-8-6-5-7-9-13)35-10-22(24)18(33)21(2,23)19(36-22)31-11-27-14-15(26-3)28-20(25)29-16(14)31/h5-9,11-12,18-19,33H,10H2,1-4H3,(H,30,39)(H3,25,26,28,29)/t12-,18+,19-,21-,22-,38+/m1/s1. The van der Waals surface area contributed by atoms with Crippen LogP contribution in [0.5, 0.6) is 5.75 Å². The van der Waals surface area contributed by atoms with Gasteiger partial charge in [0.15, 0.2) is 35.0 Å². The summed E-state index contributed by atoms with van der Waals surface area (Å²) < 4.78 is 54.8. The highest BCUT2D eigenvalue weighted by Crippen LogP contribution is 2.52. The number of carbonyl (C=O) groups is 1. The first-order valence-electron chi connectivity index (χ1n) is 11.6. The fraction of sp³-hybridized carbons (Fsp3) is 0.455. The van der Waals surface area contributed by atoms with E-state index in [0.717, 1.165) is 11.5 Å². The van der Waals surface area contributed by atoms with Gasteiger partial charge in [-0.05, 0) is 37.8 Å². The zero-order valence-electron chi connectivity index (χ0n) is 21.4. The van der Waals surface area contributed by atoms with Gasteiger partial charge in [-0.15, -0.1) is 0 Å². The Hall–Kier alpha value is -3.01. The Labute approximate surface area is 227 Å². The average Bonchev–Trinajstić information content (AvgIpc) is 3.39.